The van der Waals surface area contributed by atoms with Crippen LogP contribution in [0.1, 0.15) is 11.1 Å². The first-order valence-electron chi connectivity index (χ1n) is 8.91. The Labute approximate surface area is 174 Å². The van der Waals surface area contributed by atoms with Gasteiger partial charge in [-0.25, -0.2) is 4.79 Å². The molecule has 3 aromatic rings. The number of nitrogens with zero attached hydrogens (tertiary/aromatic N) is 2. The van der Waals surface area contributed by atoms with Crippen LogP contribution in [0, 0.1) is 0 Å². The number of hydrogen-bond acceptors (Lipinski definition) is 4. The Hall–Kier alpha value is -3.38. The number of benzene rings is 3. The molecule has 0 unspecified atom stereocenters. The molecule has 1 aliphatic heterocycles. The summed E-state index contributed by atoms with van der Waals surface area (Å²) in [5, 5.41) is 4.53. The SMILES string of the molecule is COc1cccc(CNc2ccc3c(c2)=NC(=O)N=3)c1OCc1ccccc1.Cl. The summed E-state index contributed by atoms with van der Waals surface area (Å²) in [4.78, 5) is 19.0. The number of nitrogens with one attached hydrogen (secondary N) is 1. The minimum atomic E-state index is -0.462. The molecule has 1 N–H and O–H groups in total. The zero-order chi connectivity index (χ0) is 19.3. The fourth-order valence-corrected chi connectivity index (χ4v) is 3.00. The van der Waals surface area contributed by atoms with Crippen molar-refractivity contribution < 1.29 is 14.3 Å². The van der Waals surface area contributed by atoms with E-state index in [1.54, 1.807) is 13.2 Å². The van der Waals surface area contributed by atoms with E-state index in [1.165, 1.54) is 0 Å². The smallest absolute Gasteiger partial charge is 0.368 e. The molecule has 0 radical (unpaired) electrons. The Kier molecular flexibility index (Phi) is 6.46. The largest absolute Gasteiger partial charge is 0.493 e. The molecule has 0 aromatic heterocycles. The molecule has 7 heteroatoms. The van der Waals surface area contributed by atoms with E-state index in [4.69, 9.17) is 9.47 Å². The fraction of sp³-hybridized carbons (Fsp3) is 0.136. The topological polar surface area (TPSA) is 72.3 Å². The summed E-state index contributed by atoms with van der Waals surface area (Å²) in [6.07, 6.45) is 0. The van der Waals surface area contributed by atoms with Crippen LogP contribution in [0.5, 0.6) is 11.5 Å². The van der Waals surface area contributed by atoms with E-state index in [0.717, 1.165) is 16.8 Å². The van der Waals surface area contributed by atoms with Crippen molar-refractivity contribution in [2.75, 3.05) is 12.4 Å². The van der Waals surface area contributed by atoms with Gasteiger partial charge in [0.2, 0.25) is 0 Å². The molecular weight excluding hydrogens is 390 g/mol. The third-order valence-corrected chi connectivity index (χ3v) is 4.40. The van der Waals surface area contributed by atoms with Crippen LogP contribution < -0.4 is 25.5 Å². The number of anilines is 1. The number of fused-ring (bicyclic) bond motifs is 1. The molecule has 148 valence electrons. The number of carbonyl (C=O) groups excluding carboxylic acids is 1. The van der Waals surface area contributed by atoms with Crippen LogP contribution >= 0.6 is 12.4 Å². The van der Waals surface area contributed by atoms with Crippen molar-refractivity contribution in [3.05, 3.63) is 88.6 Å². The standard InChI is InChI=1S/C22H19N3O3.ClH/c1-27-20-9-5-8-16(21(20)28-14-15-6-3-2-4-7-15)13-23-17-10-11-18-19(12-17)25-22(26)24-18;/h2-12,23H,13-14H2,1H3;1H. The second-order valence-corrected chi connectivity index (χ2v) is 6.29. The van der Waals surface area contributed by atoms with E-state index >= 15 is 0 Å². The zero-order valence-electron chi connectivity index (χ0n) is 15.8. The van der Waals surface area contributed by atoms with Gasteiger partial charge in [0.05, 0.1) is 17.8 Å². The number of rotatable bonds is 7. The van der Waals surface area contributed by atoms with Gasteiger partial charge in [0.1, 0.15) is 6.61 Å². The quantitative estimate of drug-likeness (QED) is 0.646. The van der Waals surface area contributed by atoms with Crippen LogP contribution in [-0.4, -0.2) is 13.1 Å². The highest BCUT2D eigenvalue weighted by molar-refractivity contribution is 5.85. The van der Waals surface area contributed by atoms with Crippen LogP contribution in [0.15, 0.2) is 76.7 Å². The summed E-state index contributed by atoms with van der Waals surface area (Å²) in [6.45, 7) is 0.987. The highest BCUT2D eigenvalue weighted by Gasteiger charge is 2.12. The van der Waals surface area contributed by atoms with Crippen molar-refractivity contribution in [2.24, 2.45) is 9.98 Å². The number of carbonyl (C=O) groups is 1. The fourth-order valence-electron chi connectivity index (χ4n) is 3.00. The van der Waals surface area contributed by atoms with Crippen molar-refractivity contribution in [3.63, 3.8) is 0 Å². The van der Waals surface area contributed by atoms with Crippen LogP contribution in [0.2, 0.25) is 0 Å². The average molecular weight is 410 g/mol. The minimum Gasteiger partial charge on any atom is -0.493 e. The van der Waals surface area contributed by atoms with Gasteiger partial charge >= 0.3 is 6.03 Å². The minimum absolute atomic E-state index is 0. The van der Waals surface area contributed by atoms with Crippen LogP contribution in [0.25, 0.3) is 0 Å². The summed E-state index contributed by atoms with van der Waals surface area (Å²) in [5.74, 6) is 1.39. The molecule has 0 bridgehead atoms. The molecule has 0 saturated heterocycles. The molecular formula is C22H20ClN3O3. The van der Waals surface area contributed by atoms with Gasteiger partial charge in [-0.05, 0) is 29.8 Å². The molecule has 1 aliphatic rings. The Bertz CT molecular complexity index is 1130. The molecule has 1 heterocycles. The second-order valence-electron chi connectivity index (χ2n) is 6.29. The van der Waals surface area contributed by atoms with Gasteiger partial charge in [-0.3, -0.25) is 0 Å². The molecule has 2 amide bonds. The first-order chi connectivity index (χ1) is 13.7. The molecule has 4 rings (SSSR count). The number of methoxy groups -OCH3 is 1. The number of halogens is 1. The number of ether oxygens (including phenoxy) is 2. The average Bonchev–Trinajstić information content (AvgIpc) is 3.10. The van der Waals surface area contributed by atoms with Crippen LogP contribution in [0.4, 0.5) is 10.5 Å². The summed E-state index contributed by atoms with van der Waals surface area (Å²) in [7, 11) is 1.63. The summed E-state index contributed by atoms with van der Waals surface area (Å²) in [6, 6.07) is 20.8. The Balaban J connectivity index is 0.00000240. The number of hydrogen-bond donors (Lipinski definition) is 1. The summed E-state index contributed by atoms with van der Waals surface area (Å²) in [5.41, 5.74) is 2.90. The Morgan fingerprint density at radius 3 is 2.52 bits per heavy atom. The maximum absolute atomic E-state index is 11.3. The molecule has 29 heavy (non-hydrogen) atoms. The predicted molar refractivity (Wildman–Crippen MR) is 112 cm³/mol. The van der Waals surface area contributed by atoms with E-state index in [9.17, 15) is 4.79 Å². The van der Waals surface area contributed by atoms with Gasteiger partial charge in [-0.1, -0.05) is 42.5 Å². The maximum Gasteiger partial charge on any atom is 0.368 e. The zero-order valence-corrected chi connectivity index (χ0v) is 16.6. The van der Waals surface area contributed by atoms with Gasteiger partial charge in [0.25, 0.3) is 0 Å². The van der Waals surface area contributed by atoms with Gasteiger partial charge < -0.3 is 14.8 Å². The maximum atomic E-state index is 11.3. The molecule has 6 nitrogen and oxygen atoms in total. The number of amides is 2. The first kappa shape index (κ1) is 20.4. The van der Waals surface area contributed by atoms with Crippen molar-refractivity contribution in [1.29, 1.82) is 0 Å². The lowest BCUT2D eigenvalue weighted by atomic mass is 10.1. The lowest BCUT2D eigenvalue weighted by Gasteiger charge is -2.16. The van der Waals surface area contributed by atoms with Crippen LogP contribution in [-0.2, 0) is 13.2 Å². The van der Waals surface area contributed by atoms with Crippen LogP contribution in [0.3, 0.4) is 0 Å². The van der Waals surface area contributed by atoms with Gasteiger partial charge in [0, 0.05) is 17.8 Å². The predicted octanol–water partition coefficient (Wildman–Crippen LogP) is 3.68. The van der Waals surface area contributed by atoms with Gasteiger partial charge in [0.15, 0.2) is 11.5 Å². The lowest BCUT2D eigenvalue weighted by molar-refractivity contribution is 0.256. The first-order valence-corrected chi connectivity index (χ1v) is 8.91. The van der Waals surface area contributed by atoms with Crippen molar-refractivity contribution in [3.8, 4) is 11.5 Å². The highest BCUT2D eigenvalue weighted by atomic mass is 35.5. The molecule has 0 saturated carbocycles. The van der Waals surface area contributed by atoms with E-state index in [2.05, 4.69) is 15.3 Å². The van der Waals surface area contributed by atoms with E-state index in [-0.39, 0.29) is 12.4 Å². The van der Waals surface area contributed by atoms with Crippen molar-refractivity contribution in [1.82, 2.24) is 0 Å². The highest BCUT2D eigenvalue weighted by Crippen LogP contribution is 2.32. The second kappa shape index (κ2) is 9.21. The lowest BCUT2D eigenvalue weighted by Crippen LogP contribution is -2.21. The van der Waals surface area contributed by atoms with E-state index < -0.39 is 6.03 Å². The van der Waals surface area contributed by atoms with E-state index in [1.807, 2.05) is 60.7 Å². The van der Waals surface area contributed by atoms with Gasteiger partial charge in [-0.2, -0.15) is 9.98 Å². The molecule has 0 atom stereocenters. The number of urea groups is 1. The third kappa shape index (κ3) is 4.73. The molecule has 0 fully saturated rings. The normalized spacial score (nSPS) is 11.6. The summed E-state index contributed by atoms with van der Waals surface area (Å²) >= 11 is 0. The summed E-state index contributed by atoms with van der Waals surface area (Å²) < 4.78 is 11.6. The molecule has 3 aromatic carbocycles. The molecule has 0 spiro atoms. The van der Waals surface area contributed by atoms with Gasteiger partial charge in [-0.15, -0.1) is 12.4 Å². The number of para-hydroxylation sites is 1. The molecule has 0 aliphatic carbocycles. The van der Waals surface area contributed by atoms with Crippen molar-refractivity contribution in [2.45, 2.75) is 13.2 Å². The third-order valence-electron chi connectivity index (χ3n) is 4.40. The monoisotopic (exact) mass is 409 g/mol. The Morgan fingerprint density at radius 2 is 1.72 bits per heavy atom. The van der Waals surface area contributed by atoms with Crippen molar-refractivity contribution >= 4 is 24.1 Å². The Morgan fingerprint density at radius 1 is 0.931 bits per heavy atom. The van der Waals surface area contributed by atoms with E-state index in [0.29, 0.717) is 35.4 Å².